The summed E-state index contributed by atoms with van der Waals surface area (Å²) in [6, 6.07) is 7.81. The lowest BCUT2D eigenvalue weighted by atomic mass is 9.82. The van der Waals surface area contributed by atoms with Gasteiger partial charge >= 0.3 is 0 Å². The molecule has 0 aliphatic heterocycles. The molecule has 33 heavy (non-hydrogen) atoms. The van der Waals surface area contributed by atoms with Gasteiger partial charge in [0.2, 0.25) is 5.95 Å². The second-order valence-electron chi connectivity index (χ2n) is 8.31. The number of alkyl halides is 1. The van der Waals surface area contributed by atoms with Gasteiger partial charge in [0.25, 0.3) is 0 Å². The fourth-order valence-corrected chi connectivity index (χ4v) is 4.85. The van der Waals surface area contributed by atoms with Gasteiger partial charge in [-0.1, -0.05) is 25.8 Å². The van der Waals surface area contributed by atoms with Crippen molar-refractivity contribution in [3.05, 3.63) is 42.5 Å². The predicted molar refractivity (Wildman–Crippen MR) is 127 cm³/mol. The molecule has 0 radical (unpaired) electrons. The summed E-state index contributed by atoms with van der Waals surface area (Å²) in [4.78, 5) is 10.00. The maximum atomic E-state index is 14.9. The van der Waals surface area contributed by atoms with E-state index in [-0.39, 0.29) is 23.5 Å². The molecule has 1 aromatic carbocycles. The average Bonchev–Trinajstić information content (AvgIpc) is 2.83. The molecule has 1 fully saturated rings. The number of phenolic OH excluding ortho intramolecular Hbond substituents is 1. The molecule has 1 aliphatic carbocycles. The van der Waals surface area contributed by atoms with E-state index in [0.717, 1.165) is 25.7 Å². The first-order valence-electron chi connectivity index (χ1n) is 11.0. The van der Waals surface area contributed by atoms with Gasteiger partial charge in [-0.05, 0) is 54.3 Å². The van der Waals surface area contributed by atoms with Gasteiger partial charge < -0.3 is 10.0 Å². The Balaban J connectivity index is 1.55. The summed E-state index contributed by atoms with van der Waals surface area (Å²) in [6.45, 7) is 2.03. The van der Waals surface area contributed by atoms with Crippen LogP contribution in [-0.4, -0.2) is 50.8 Å². The van der Waals surface area contributed by atoms with Crippen molar-refractivity contribution in [1.29, 1.82) is 0 Å². The highest BCUT2D eigenvalue weighted by Gasteiger charge is 2.35. The first-order valence-corrected chi connectivity index (χ1v) is 12.3. The Morgan fingerprint density at radius 2 is 1.97 bits per heavy atom. The Bertz CT molecular complexity index is 1110. The molecule has 3 aromatic rings. The van der Waals surface area contributed by atoms with Crippen LogP contribution in [0.25, 0.3) is 22.5 Å². The van der Waals surface area contributed by atoms with Gasteiger partial charge in [0.15, 0.2) is 11.6 Å². The fourth-order valence-electron chi connectivity index (χ4n) is 4.43. The number of anilines is 1. The molecule has 9 heteroatoms. The molecule has 6 nitrogen and oxygen atoms in total. The fraction of sp³-hybridized carbons (Fsp3) is 0.417. The van der Waals surface area contributed by atoms with Crippen LogP contribution in [0, 0.1) is 11.9 Å². The third-order valence-corrected chi connectivity index (χ3v) is 7.00. The Hall–Kier alpha value is -2.81. The number of benzene rings is 1. The summed E-state index contributed by atoms with van der Waals surface area (Å²) in [6.07, 6.45) is 5.99. The molecule has 1 N–H and O–H groups in total. The standard InChI is InChI=1S/C24H27F2N5OS/c1-4-14-6-5-7-18(23(14)26)31(2)21-13-27-24(30-29-21)17-9-8-15(10-19(17)32)16-11-20(25)28-22(12-16)33-3/h8-14,18,23,32H,4-7H2,1-3H3/t14-,18+,23-/m1/s1. The molecule has 0 saturated heterocycles. The number of halogens is 2. The third-order valence-electron chi connectivity index (χ3n) is 6.38. The molecular formula is C24H27F2N5OS. The summed E-state index contributed by atoms with van der Waals surface area (Å²) in [7, 11) is 1.82. The highest BCUT2D eigenvalue weighted by atomic mass is 32.2. The molecule has 0 unspecified atom stereocenters. The largest absolute Gasteiger partial charge is 0.507 e. The lowest BCUT2D eigenvalue weighted by molar-refractivity contribution is 0.134. The van der Waals surface area contributed by atoms with E-state index in [1.807, 2.05) is 25.1 Å². The van der Waals surface area contributed by atoms with Crippen molar-refractivity contribution in [3.63, 3.8) is 0 Å². The van der Waals surface area contributed by atoms with Crippen LogP contribution in [0.4, 0.5) is 14.6 Å². The quantitative estimate of drug-likeness (QED) is 0.375. The van der Waals surface area contributed by atoms with Gasteiger partial charge in [-0.15, -0.1) is 22.0 Å². The number of thioether (sulfide) groups is 1. The summed E-state index contributed by atoms with van der Waals surface area (Å²) in [5, 5.41) is 19.6. The number of nitrogens with zero attached hydrogens (tertiary/aromatic N) is 5. The minimum atomic E-state index is -0.906. The maximum Gasteiger partial charge on any atom is 0.214 e. The SMILES string of the molecule is CC[C@@H]1CCC[C@H](N(C)c2cnc(-c3ccc(-c4cc(F)nc(SC)c4)cc3O)nn2)[C@@H]1F. The average molecular weight is 472 g/mol. The zero-order valence-corrected chi connectivity index (χ0v) is 19.7. The van der Waals surface area contributed by atoms with E-state index < -0.39 is 12.1 Å². The topological polar surface area (TPSA) is 75.0 Å². The number of hydrogen-bond donors (Lipinski definition) is 1. The van der Waals surface area contributed by atoms with Crippen LogP contribution in [-0.2, 0) is 0 Å². The molecule has 0 bridgehead atoms. The molecule has 2 aromatic heterocycles. The van der Waals surface area contributed by atoms with E-state index in [4.69, 9.17) is 0 Å². The van der Waals surface area contributed by atoms with Crippen molar-refractivity contribution in [2.75, 3.05) is 18.2 Å². The minimum Gasteiger partial charge on any atom is -0.507 e. The van der Waals surface area contributed by atoms with Crippen molar-refractivity contribution in [2.24, 2.45) is 5.92 Å². The molecule has 4 rings (SSSR count). The number of aromatic nitrogens is 4. The summed E-state index contributed by atoms with van der Waals surface area (Å²) < 4.78 is 28.7. The van der Waals surface area contributed by atoms with Gasteiger partial charge in [-0.25, -0.2) is 14.4 Å². The predicted octanol–water partition coefficient (Wildman–Crippen LogP) is 5.52. The van der Waals surface area contributed by atoms with Crippen LogP contribution >= 0.6 is 11.8 Å². The van der Waals surface area contributed by atoms with Crippen LogP contribution in [0.5, 0.6) is 5.75 Å². The second-order valence-corrected chi connectivity index (χ2v) is 9.14. The van der Waals surface area contributed by atoms with E-state index >= 15 is 0 Å². The number of phenols is 1. The Labute approximate surface area is 196 Å². The van der Waals surface area contributed by atoms with Crippen LogP contribution in [0.2, 0.25) is 0 Å². The van der Waals surface area contributed by atoms with Crippen LogP contribution in [0.3, 0.4) is 0 Å². The van der Waals surface area contributed by atoms with E-state index in [0.29, 0.717) is 27.5 Å². The van der Waals surface area contributed by atoms with E-state index in [2.05, 4.69) is 20.2 Å². The molecule has 174 valence electrons. The number of pyridine rings is 1. The highest BCUT2D eigenvalue weighted by Crippen LogP contribution is 2.35. The van der Waals surface area contributed by atoms with Crippen molar-refractivity contribution >= 4 is 17.6 Å². The zero-order valence-electron chi connectivity index (χ0n) is 18.9. The smallest absolute Gasteiger partial charge is 0.214 e. The molecule has 3 atom stereocenters. The Morgan fingerprint density at radius 3 is 2.64 bits per heavy atom. The van der Waals surface area contributed by atoms with E-state index in [1.54, 1.807) is 24.4 Å². The van der Waals surface area contributed by atoms with Gasteiger partial charge in [0.1, 0.15) is 11.9 Å². The van der Waals surface area contributed by atoms with Crippen molar-refractivity contribution < 1.29 is 13.9 Å². The second kappa shape index (κ2) is 9.99. The van der Waals surface area contributed by atoms with Gasteiger partial charge in [-0.3, -0.25) is 0 Å². The van der Waals surface area contributed by atoms with Crippen LogP contribution < -0.4 is 4.90 Å². The molecule has 1 saturated carbocycles. The van der Waals surface area contributed by atoms with Gasteiger partial charge in [0, 0.05) is 13.1 Å². The minimum absolute atomic E-state index is 0.0415. The summed E-state index contributed by atoms with van der Waals surface area (Å²) in [5.74, 6) is 0.208. The maximum absolute atomic E-state index is 14.9. The molecule has 1 aliphatic rings. The zero-order chi connectivity index (χ0) is 23.5. The first-order chi connectivity index (χ1) is 15.9. The molecule has 2 heterocycles. The molecule has 0 spiro atoms. The summed E-state index contributed by atoms with van der Waals surface area (Å²) >= 11 is 1.34. The van der Waals surface area contributed by atoms with E-state index in [1.165, 1.54) is 23.9 Å². The van der Waals surface area contributed by atoms with E-state index in [9.17, 15) is 13.9 Å². The first kappa shape index (κ1) is 23.4. The van der Waals surface area contributed by atoms with Crippen molar-refractivity contribution in [2.45, 2.75) is 49.8 Å². The third kappa shape index (κ3) is 4.93. The summed E-state index contributed by atoms with van der Waals surface area (Å²) in [5.41, 5.74) is 1.67. The Kier molecular flexibility index (Phi) is 7.07. The van der Waals surface area contributed by atoms with Crippen molar-refractivity contribution in [1.82, 2.24) is 20.2 Å². The number of aromatic hydroxyl groups is 1. The van der Waals surface area contributed by atoms with Gasteiger partial charge in [0.05, 0.1) is 22.8 Å². The monoisotopic (exact) mass is 471 g/mol. The number of hydrogen-bond acceptors (Lipinski definition) is 7. The lowest BCUT2D eigenvalue weighted by Crippen LogP contribution is -2.45. The lowest BCUT2D eigenvalue weighted by Gasteiger charge is -2.38. The van der Waals surface area contributed by atoms with Crippen LogP contribution in [0.1, 0.15) is 32.6 Å². The van der Waals surface area contributed by atoms with Crippen molar-refractivity contribution in [3.8, 4) is 28.3 Å². The van der Waals surface area contributed by atoms with Crippen LogP contribution in [0.15, 0.2) is 41.6 Å². The highest BCUT2D eigenvalue weighted by molar-refractivity contribution is 7.98. The molecule has 0 amide bonds. The molecular weight excluding hydrogens is 444 g/mol. The normalized spacial score (nSPS) is 20.6. The van der Waals surface area contributed by atoms with Gasteiger partial charge in [-0.2, -0.15) is 4.39 Å². The number of rotatable bonds is 6. The Morgan fingerprint density at radius 1 is 1.15 bits per heavy atom.